The fraction of sp³-hybridized carbons (Fsp3) is 0.774. The van der Waals surface area contributed by atoms with Gasteiger partial charge in [-0.1, -0.05) is 465 Å². The summed E-state index contributed by atoms with van der Waals surface area (Å²) < 4.78 is 33.6. The number of anilines is 1. The third-order valence-corrected chi connectivity index (χ3v) is 35.7. The van der Waals surface area contributed by atoms with Crippen molar-refractivity contribution in [3.8, 4) is 48.8 Å². The topological polar surface area (TPSA) is 37.4 Å². The third-order valence-electron chi connectivity index (χ3n) is 26.2. The number of fused-ring (bicyclic) bond motifs is 3. The van der Waals surface area contributed by atoms with Gasteiger partial charge in [-0.25, -0.2) is 8.42 Å². The molecule has 3 unspecified atom stereocenters. The van der Waals surface area contributed by atoms with Crippen molar-refractivity contribution >= 4 is 83.7 Å². The molecule has 0 N–H and O–H groups in total. The molecule has 0 radical (unpaired) electrons. The highest BCUT2D eigenvalue weighted by molar-refractivity contribution is 7.93. The fourth-order valence-electron chi connectivity index (χ4n) is 18.9. The van der Waals surface area contributed by atoms with Crippen LogP contribution in [-0.4, -0.2) is 15.0 Å². The molecular formula is C106H177NO2S7. The van der Waals surface area contributed by atoms with Gasteiger partial charge in [0.15, 0.2) is 0 Å². The molecule has 6 aromatic rings. The largest absolute Gasteiger partial charge is 0.265 e. The number of unbranched alkanes of at least 4 members (excludes halogenated alkanes) is 56. The summed E-state index contributed by atoms with van der Waals surface area (Å²) in [5.74, 6) is 1.75. The van der Waals surface area contributed by atoms with Crippen LogP contribution in [0.25, 0.3) is 48.8 Å². The van der Waals surface area contributed by atoms with Crippen LogP contribution in [0.4, 0.5) is 5.69 Å². The molecule has 0 saturated heterocycles. The maximum Gasteiger partial charge on any atom is 0.265 e. The van der Waals surface area contributed by atoms with E-state index in [1.54, 1.807) is 16.9 Å². The van der Waals surface area contributed by atoms with Crippen molar-refractivity contribution in [2.24, 2.45) is 17.8 Å². The molecule has 116 heavy (non-hydrogen) atoms. The lowest BCUT2D eigenvalue weighted by atomic mass is 9.88. The molecule has 6 aromatic heterocycles. The zero-order chi connectivity index (χ0) is 82.2. The van der Waals surface area contributed by atoms with Gasteiger partial charge in [0.05, 0.1) is 15.4 Å². The molecule has 1 aliphatic rings. The summed E-state index contributed by atoms with van der Waals surface area (Å²) in [5, 5.41) is 0. The lowest BCUT2D eigenvalue weighted by Crippen LogP contribution is -2.37. The fourth-order valence-corrected chi connectivity index (χ4v) is 28.1. The van der Waals surface area contributed by atoms with Gasteiger partial charge in [-0.05, 0) is 117 Å². The van der Waals surface area contributed by atoms with E-state index in [0.29, 0.717) is 23.3 Å². The van der Waals surface area contributed by atoms with Crippen molar-refractivity contribution in [2.75, 3.05) is 10.8 Å². The summed E-state index contributed by atoms with van der Waals surface area (Å²) in [6.07, 6.45) is 95.0. The monoisotopic (exact) mass is 1720 g/mol. The summed E-state index contributed by atoms with van der Waals surface area (Å²) in [5.41, 5.74) is 4.04. The van der Waals surface area contributed by atoms with Gasteiger partial charge in [0.25, 0.3) is 10.0 Å². The first-order valence-electron chi connectivity index (χ1n) is 50.7. The van der Waals surface area contributed by atoms with Crippen molar-refractivity contribution in [3.05, 3.63) is 69.4 Å². The highest BCUT2D eigenvalue weighted by atomic mass is 32.2. The Hall–Kier alpha value is -2.05. The quantitative estimate of drug-likeness (QED) is 0.0357. The Balaban J connectivity index is 1.13. The minimum Gasteiger partial charge on any atom is -0.264 e. The second kappa shape index (κ2) is 63.8. The number of hydrogen-bond acceptors (Lipinski definition) is 8. The van der Waals surface area contributed by atoms with Crippen LogP contribution in [0.3, 0.4) is 0 Å². The van der Waals surface area contributed by atoms with Crippen LogP contribution in [-0.2, 0) is 22.9 Å². The van der Waals surface area contributed by atoms with E-state index >= 15 is 8.42 Å². The van der Waals surface area contributed by atoms with Crippen LogP contribution in [0, 0.1) is 31.6 Å². The van der Waals surface area contributed by atoms with Gasteiger partial charge in [-0.3, -0.25) is 4.31 Å². The normalized spacial score (nSPS) is 13.6. The number of thiophene rings is 6. The molecule has 0 aromatic carbocycles. The van der Waals surface area contributed by atoms with E-state index in [1.165, 1.54) is 485 Å². The van der Waals surface area contributed by atoms with E-state index in [4.69, 9.17) is 0 Å². The molecule has 0 amide bonds. The first kappa shape index (κ1) is 101. The van der Waals surface area contributed by atoms with Crippen molar-refractivity contribution in [3.63, 3.8) is 0 Å². The van der Waals surface area contributed by atoms with Gasteiger partial charge in [-0.15, -0.1) is 68.0 Å². The predicted octanol–water partition coefficient (Wildman–Crippen LogP) is 40.1. The van der Waals surface area contributed by atoms with E-state index in [9.17, 15) is 0 Å². The lowest BCUT2D eigenvalue weighted by molar-refractivity contribution is 0.400. The van der Waals surface area contributed by atoms with Crippen LogP contribution in [0.5, 0.6) is 0 Å². The minimum absolute atomic E-state index is 0.351. The first-order chi connectivity index (χ1) is 57.0. The van der Waals surface area contributed by atoms with Gasteiger partial charge in [-0.2, -0.15) is 0 Å². The van der Waals surface area contributed by atoms with Crippen LogP contribution in [0.1, 0.15) is 499 Å². The zero-order valence-corrected chi connectivity index (χ0v) is 82.4. The second-order valence-electron chi connectivity index (χ2n) is 37.0. The summed E-state index contributed by atoms with van der Waals surface area (Å²) in [7, 11) is -3.81. The number of rotatable bonds is 78. The number of aryl methyl sites for hydroxylation is 2. The number of hydrogen-bond donors (Lipinski definition) is 0. The minimum atomic E-state index is -3.81. The third kappa shape index (κ3) is 39.9. The van der Waals surface area contributed by atoms with Gasteiger partial charge in [0, 0.05) is 55.3 Å². The van der Waals surface area contributed by atoms with Crippen LogP contribution in [0.2, 0.25) is 0 Å². The van der Waals surface area contributed by atoms with Crippen molar-refractivity contribution in [1.29, 1.82) is 0 Å². The second-order valence-corrected chi connectivity index (χ2v) is 45.6. The summed E-state index contributed by atoms with van der Waals surface area (Å²) in [4.78, 5) is 16.3. The molecule has 0 saturated carbocycles. The Morgan fingerprint density at radius 2 is 0.500 bits per heavy atom. The Labute approximate surface area is 742 Å². The molecule has 1 aliphatic heterocycles. The molecule has 0 fully saturated rings. The SMILES string of the molecule is CCCCCCCCCCCCCCCCC(CCCCCCCCCCCCCC)CN1c2cc(C)sc2-c2sc(-c3cc(CC(CCCCCCCCCC)CCCCCCCCCCCC)c(-c4ccc(-c5ccc(-c6sc(C)cc6CC(CCCCCCCCCC)CCCCCCCCCCCC)s5)s4)s3)cc2S1(=O)=O. The molecule has 7 rings (SSSR count). The molecule has 10 heteroatoms. The number of sulfonamides is 1. The van der Waals surface area contributed by atoms with E-state index in [0.717, 1.165) is 40.6 Å². The predicted molar refractivity (Wildman–Crippen MR) is 531 cm³/mol. The number of nitrogens with zero attached hydrogens (tertiary/aromatic N) is 1. The Morgan fingerprint density at radius 3 is 0.828 bits per heavy atom. The summed E-state index contributed by atoms with van der Waals surface area (Å²) in [6.45, 7) is 19.1. The zero-order valence-electron chi connectivity index (χ0n) is 76.7. The molecule has 7 heterocycles. The maximum absolute atomic E-state index is 15.9. The van der Waals surface area contributed by atoms with Crippen LogP contribution >= 0.6 is 68.0 Å². The standard InChI is InChI=1S/C106H177NO2S7/c1-9-15-21-27-33-39-43-45-46-48-52-58-64-70-76-92(75-69-63-57-51-47-44-40-34-28-22-16-10-2)87-107-95-82-89(8)111-105(95)106-102(116(107,108)109)86-101(115-106)100-85-94(84-91(73-67-60-54-38-32-26-20-14-6)74-68-62-56-50-42-36-30-24-18-12-4)104(114-100)99-80-78-97(113-99)96-77-79-98(112-96)103-93(81-88(7)110-103)83-90(71-65-59-53-37-31-25-19-13-5)72-66-61-55-49-41-35-29-23-17-11-3/h77-82,85-86,90-92H,9-76,83-84,87H2,1-8H3. The molecule has 0 bridgehead atoms. The van der Waals surface area contributed by atoms with Crippen LogP contribution < -0.4 is 4.31 Å². The van der Waals surface area contributed by atoms with Crippen molar-refractivity contribution in [1.82, 2.24) is 0 Å². The molecule has 660 valence electrons. The maximum atomic E-state index is 15.9. The molecular weight excluding hydrogens is 1540 g/mol. The van der Waals surface area contributed by atoms with Gasteiger partial charge >= 0.3 is 0 Å². The summed E-state index contributed by atoms with van der Waals surface area (Å²) >= 11 is 11.6. The van der Waals surface area contributed by atoms with Gasteiger partial charge < -0.3 is 0 Å². The highest BCUT2D eigenvalue weighted by Gasteiger charge is 2.40. The van der Waals surface area contributed by atoms with Gasteiger partial charge in [0.1, 0.15) is 4.90 Å². The van der Waals surface area contributed by atoms with Gasteiger partial charge in [0.2, 0.25) is 0 Å². The van der Waals surface area contributed by atoms with Crippen molar-refractivity contribution in [2.45, 2.75) is 510 Å². The lowest BCUT2D eigenvalue weighted by Gasteiger charge is -2.32. The van der Waals surface area contributed by atoms with E-state index in [2.05, 4.69) is 104 Å². The average Bonchev–Trinajstić information content (AvgIpc) is 1.56. The Kier molecular flexibility index (Phi) is 55.6. The van der Waals surface area contributed by atoms with E-state index < -0.39 is 10.0 Å². The Morgan fingerprint density at radius 1 is 0.250 bits per heavy atom. The molecule has 0 aliphatic carbocycles. The molecule has 3 nitrogen and oxygen atoms in total. The Bertz CT molecular complexity index is 3460. The van der Waals surface area contributed by atoms with Crippen molar-refractivity contribution < 1.29 is 8.42 Å². The molecule has 3 atom stereocenters. The highest BCUT2D eigenvalue weighted by Crippen LogP contribution is 2.56. The van der Waals surface area contributed by atoms with Crippen LogP contribution in [0.15, 0.2) is 53.4 Å². The smallest absolute Gasteiger partial charge is 0.264 e. The summed E-state index contributed by atoms with van der Waals surface area (Å²) in [6, 6.07) is 19.4. The first-order valence-corrected chi connectivity index (χ1v) is 57.1. The van der Waals surface area contributed by atoms with E-state index in [1.807, 2.05) is 61.0 Å². The van der Waals surface area contributed by atoms with E-state index in [-0.39, 0.29) is 0 Å². The average molecular weight is 1720 g/mol. The molecule has 0 spiro atoms.